The second-order valence-corrected chi connectivity index (χ2v) is 5.97. The van der Waals surface area contributed by atoms with Gasteiger partial charge in [-0.1, -0.05) is 12.1 Å². The quantitative estimate of drug-likeness (QED) is 0.897. The number of anilines is 2. The van der Waals surface area contributed by atoms with Crippen molar-refractivity contribution in [3.8, 4) is 0 Å². The summed E-state index contributed by atoms with van der Waals surface area (Å²) in [7, 11) is 1.53. The minimum absolute atomic E-state index is 0.209. The van der Waals surface area contributed by atoms with Crippen LogP contribution in [0.3, 0.4) is 0 Å². The van der Waals surface area contributed by atoms with Crippen molar-refractivity contribution in [2.24, 2.45) is 0 Å². The molecule has 4 rings (SSSR count). The first kappa shape index (κ1) is 15.6. The van der Waals surface area contributed by atoms with Gasteiger partial charge in [0.05, 0.1) is 17.9 Å². The zero-order valence-electron chi connectivity index (χ0n) is 13.5. The van der Waals surface area contributed by atoms with Crippen molar-refractivity contribution in [2.45, 2.75) is 5.66 Å². The fourth-order valence-corrected chi connectivity index (χ4v) is 3.45. The van der Waals surface area contributed by atoms with E-state index in [9.17, 15) is 14.0 Å². The van der Waals surface area contributed by atoms with Crippen LogP contribution < -0.4 is 10.6 Å². The van der Waals surface area contributed by atoms with Crippen molar-refractivity contribution in [1.82, 2.24) is 4.90 Å². The highest BCUT2D eigenvalue weighted by Crippen LogP contribution is 2.45. The lowest BCUT2D eigenvalue weighted by Crippen LogP contribution is -2.62. The summed E-state index contributed by atoms with van der Waals surface area (Å²) >= 11 is 0. The third-order valence-corrected chi connectivity index (χ3v) is 4.59. The minimum atomic E-state index is -1.42. The zero-order chi connectivity index (χ0) is 17.6. The number of rotatable bonds is 3. The molecule has 6 nitrogen and oxygen atoms in total. The fraction of sp³-hybridized carbons (Fsp3) is 0.222. The van der Waals surface area contributed by atoms with Crippen molar-refractivity contribution < 1.29 is 18.7 Å². The van der Waals surface area contributed by atoms with E-state index >= 15 is 0 Å². The number of amides is 2. The highest BCUT2D eigenvalue weighted by molar-refractivity contribution is 6.14. The molecule has 0 fully saturated rings. The number of benzene rings is 2. The van der Waals surface area contributed by atoms with Crippen molar-refractivity contribution in [3.05, 3.63) is 59.4 Å². The normalized spacial score (nSPS) is 21.0. The van der Waals surface area contributed by atoms with Crippen molar-refractivity contribution in [2.75, 3.05) is 30.9 Å². The summed E-state index contributed by atoms with van der Waals surface area (Å²) in [4.78, 5) is 27.4. The van der Waals surface area contributed by atoms with Gasteiger partial charge in [0.15, 0.2) is 0 Å². The Labute approximate surface area is 143 Å². The summed E-state index contributed by atoms with van der Waals surface area (Å²) < 4.78 is 18.7. The van der Waals surface area contributed by atoms with Gasteiger partial charge < -0.3 is 20.3 Å². The highest BCUT2D eigenvalue weighted by Gasteiger charge is 2.56. The van der Waals surface area contributed by atoms with Gasteiger partial charge in [-0.2, -0.15) is 0 Å². The van der Waals surface area contributed by atoms with Gasteiger partial charge in [-0.3, -0.25) is 9.59 Å². The van der Waals surface area contributed by atoms with Crippen LogP contribution in [-0.4, -0.2) is 37.0 Å². The van der Waals surface area contributed by atoms with Crippen molar-refractivity contribution in [3.63, 3.8) is 0 Å². The maximum absolute atomic E-state index is 13.6. The number of halogens is 1. The third-order valence-electron chi connectivity index (χ3n) is 4.59. The van der Waals surface area contributed by atoms with Crippen LogP contribution >= 0.6 is 0 Å². The van der Waals surface area contributed by atoms with Gasteiger partial charge in [0.1, 0.15) is 5.82 Å². The van der Waals surface area contributed by atoms with Crippen LogP contribution in [0.25, 0.3) is 0 Å². The Morgan fingerprint density at radius 2 is 1.96 bits per heavy atom. The summed E-state index contributed by atoms with van der Waals surface area (Å²) in [5.74, 6) is -1.16. The van der Waals surface area contributed by atoms with Crippen LogP contribution in [0.5, 0.6) is 0 Å². The number of hydrogen-bond donors (Lipinski definition) is 2. The summed E-state index contributed by atoms with van der Waals surface area (Å²) in [5.41, 5.74) is 0.485. The lowest BCUT2D eigenvalue weighted by Gasteiger charge is -2.44. The number of carbonyl (C=O) groups excluding carboxylic acids is 2. The first-order valence-electron chi connectivity index (χ1n) is 7.87. The van der Waals surface area contributed by atoms with Crippen LogP contribution in [0.2, 0.25) is 0 Å². The maximum atomic E-state index is 13.6. The molecule has 2 aromatic carbocycles. The Hall–Kier alpha value is -2.93. The van der Waals surface area contributed by atoms with Crippen LogP contribution in [0, 0.1) is 5.82 Å². The molecule has 2 aliphatic heterocycles. The van der Waals surface area contributed by atoms with Gasteiger partial charge in [-0.05, 0) is 30.3 Å². The largest absolute Gasteiger partial charge is 0.383 e. The third kappa shape index (κ3) is 2.12. The van der Waals surface area contributed by atoms with Crippen molar-refractivity contribution >= 4 is 23.2 Å². The molecule has 7 heteroatoms. The Kier molecular flexibility index (Phi) is 3.47. The molecule has 0 aromatic heterocycles. The number of hydrogen-bond acceptors (Lipinski definition) is 4. The predicted molar refractivity (Wildman–Crippen MR) is 89.7 cm³/mol. The molecular weight excluding hydrogens is 325 g/mol. The van der Waals surface area contributed by atoms with E-state index in [1.807, 2.05) is 0 Å². The minimum Gasteiger partial charge on any atom is -0.383 e. The first-order valence-corrected chi connectivity index (χ1v) is 7.87. The van der Waals surface area contributed by atoms with Gasteiger partial charge in [-0.25, -0.2) is 4.39 Å². The lowest BCUT2D eigenvalue weighted by molar-refractivity contribution is -0.125. The molecule has 2 amide bonds. The second kappa shape index (κ2) is 5.56. The van der Waals surface area contributed by atoms with E-state index in [4.69, 9.17) is 4.74 Å². The molecule has 0 saturated carbocycles. The smallest absolute Gasteiger partial charge is 0.276 e. The molecule has 0 bridgehead atoms. The predicted octanol–water partition coefficient (Wildman–Crippen LogP) is 2.14. The van der Waals surface area contributed by atoms with Gasteiger partial charge in [0, 0.05) is 24.9 Å². The second-order valence-electron chi connectivity index (χ2n) is 5.97. The molecule has 25 heavy (non-hydrogen) atoms. The lowest BCUT2D eigenvalue weighted by atomic mass is 9.93. The average molecular weight is 341 g/mol. The Balaban J connectivity index is 1.92. The monoisotopic (exact) mass is 341 g/mol. The molecule has 2 heterocycles. The van der Waals surface area contributed by atoms with Crippen LogP contribution in [0.1, 0.15) is 15.9 Å². The molecule has 1 atom stereocenters. The van der Waals surface area contributed by atoms with E-state index in [0.717, 1.165) is 0 Å². The van der Waals surface area contributed by atoms with E-state index in [1.54, 1.807) is 24.3 Å². The molecular formula is C18H16FN3O3. The van der Waals surface area contributed by atoms with E-state index in [2.05, 4.69) is 10.6 Å². The summed E-state index contributed by atoms with van der Waals surface area (Å²) in [5, 5.41) is 5.88. The molecule has 0 radical (unpaired) electrons. The molecule has 2 N–H and O–H groups in total. The number of fused-ring (bicyclic) bond motifs is 3. The van der Waals surface area contributed by atoms with E-state index in [0.29, 0.717) is 22.5 Å². The maximum Gasteiger partial charge on any atom is 0.276 e. The number of nitrogens with one attached hydrogen (secondary N) is 2. The van der Waals surface area contributed by atoms with E-state index in [-0.39, 0.29) is 19.1 Å². The van der Waals surface area contributed by atoms with Crippen molar-refractivity contribution in [1.29, 1.82) is 0 Å². The number of carbonyl (C=O) groups is 2. The zero-order valence-corrected chi connectivity index (χ0v) is 13.5. The standard InChI is InChI=1S/C18H16FN3O3/c1-25-9-8-22-16(23)12-4-2-3-5-14(12)21-18(22)13-7-6-11(19)10-15(13)20-17(18)24/h2-7,10,21H,8-9H2,1H3,(H,20,24). The topological polar surface area (TPSA) is 70.7 Å². The molecule has 1 spiro atoms. The summed E-state index contributed by atoms with van der Waals surface area (Å²) in [6.45, 7) is 0.474. The summed E-state index contributed by atoms with van der Waals surface area (Å²) in [6, 6.07) is 11.1. The molecule has 0 saturated heterocycles. The molecule has 0 aliphatic carbocycles. The Morgan fingerprint density at radius 3 is 2.76 bits per heavy atom. The molecule has 2 aliphatic rings. The Morgan fingerprint density at radius 1 is 1.16 bits per heavy atom. The summed E-state index contributed by atoms with van der Waals surface area (Å²) in [6.07, 6.45) is 0. The molecule has 2 aromatic rings. The van der Waals surface area contributed by atoms with Crippen LogP contribution in [0.4, 0.5) is 15.8 Å². The Bertz CT molecular complexity index is 886. The SMILES string of the molecule is COCCN1C(=O)c2ccccc2NC12C(=O)Nc1cc(F)ccc12. The number of nitrogens with zero attached hydrogens (tertiary/aromatic N) is 1. The van der Waals surface area contributed by atoms with Gasteiger partial charge >= 0.3 is 0 Å². The first-order chi connectivity index (χ1) is 12.1. The van der Waals surface area contributed by atoms with Crippen LogP contribution in [0.15, 0.2) is 42.5 Å². The van der Waals surface area contributed by atoms with Gasteiger partial charge in [-0.15, -0.1) is 0 Å². The van der Waals surface area contributed by atoms with Crippen LogP contribution in [-0.2, 0) is 15.2 Å². The van der Waals surface area contributed by atoms with E-state index in [1.165, 1.54) is 30.2 Å². The average Bonchev–Trinajstić information content (AvgIpc) is 2.86. The van der Waals surface area contributed by atoms with Gasteiger partial charge in [0.2, 0.25) is 5.66 Å². The highest BCUT2D eigenvalue weighted by atomic mass is 19.1. The van der Waals surface area contributed by atoms with E-state index < -0.39 is 17.4 Å². The number of para-hydroxylation sites is 1. The fourth-order valence-electron chi connectivity index (χ4n) is 3.45. The molecule has 128 valence electrons. The van der Waals surface area contributed by atoms with Gasteiger partial charge in [0.25, 0.3) is 11.8 Å². The number of ether oxygens (including phenoxy) is 1. The number of methoxy groups -OCH3 is 1. The molecule has 1 unspecified atom stereocenters.